The largest absolute Gasteiger partial charge is 0.468 e. The summed E-state index contributed by atoms with van der Waals surface area (Å²) in [5.74, 6) is -0.393. The Kier molecular flexibility index (Phi) is 3.73. The van der Waals surface area contributed by atoms with E-state index in [1.807, 2.05) is 19.2 Å². The number of halogens is 1. The lowest BCUT2D eigenvalue weighted by molar-refractivity contribution is -0.142. The number of aromatic nitrogens is 1. The maximum Gasteiger partial charge on any atom is 0.322 e. The molecule has 0 aliphatic heterocycles. The zero-order chi connectivity index (χ0) is 13.3. The van der Waals surface area contributed by atoms with Gasteiger partial charge in [-0.1, -0.05) is 15.9 Å². The third-order valence-electron chi connectivity index (χ3n) is 2.99. The van der Waals surface area contributed by atoms with Gasteiger partial charge in [0.2, 0.25) is 0 Å². The smallest absolute Gasteiger partial charge is 0.322 e. The van der Waals surface area contributed by atoms with Gasteiger partial charge in [-0.15, -0.1) is 0 Å². The lowest BCUT2D eigenvalue weighted by atomic mass is 10.0. The molecule has 4 nitrogen and oxygen atoms in total. The van der Waals surface area contributed by atoms with Gasteiger partial charge in [0, 0.05) is 28.0 Å². The predicted octanol–water partition coefficient (Wildman–Crippen LogP) is 2.28. The van der Waals surface area contributed by atoms with Crippen LogP contribution in [-0.2, 0) is 16.0 Å². The number of aromatic amines is 1. The number of hydrogen-bond donors (Lipinski definition) is 2. The fraction of sp³-hybridized carbons (Fsp3) is 0.308. The summed E-state index contributed by atoms with van der Waals surface area (Å²) in [4.78, 5) is 14.5. The SMILES string of the molecule is COC(=O)C(N)Cc1c[nH]c2cc(C)c(Br)cc12. The molecule has 1 unspecified atom stereocenters. The molecule has 2 aromatic rings. The maximum absolute atomic E-state index is 11.3. The molecule has 1 aromatic heterocycles. The first-order valence-electron chi connectivity index (χ1n) is 5.62. The fourth-order valence-electron chi connectivity index (χ4n) is 1.95. The highest BCUT2D eigenvalue weighted by Crippen LogP contribution is 2.26. The van der Waals surface area contributed by atoms with Crippen LogP contribution in [0.5, 0.6) is 0 Å². The van der Waals surface area contributed by atoms with Crippen molar-refractivity contribution in [3.05, 3.63) is 33.9 Å². The summed E-state index contributed by atoms with van der Waals surface area (Å²) in [7, 11) is 1.34. The molecule has 0 radical (unpaired) electrons. The summed E-state index contributed by atoms with van der Waals surface area (Å²) in [6.45, 7) is 2.03. The second-order valence-corrected chi connectivity index (χ2v) is 5.15. The van der Waals surface area contributed by atoms with Crippen molar-refractivity contribution in [1.82, 2.24) is 4.98 Å². The summed E-state index contributed by atoms with van der Waals surface area (Å²) in [6.07, 6.45) is 2.35. The molecule has 0 aliphatic rings. The van der Waals surface area contributed by atoms with Gasteiger partial charge in [0.05, 0.1) is 7.11 Å². The van der Waals surface area contributed by atoms with E-state index >= 15 is 0 Å². The van der Waals surface area contributed by atoms with Gasteiger partial charge >= 0.3 is 5.97 Å². The number of esters is 1. The quantitative estimate of drug-likeness (QED) is 0.855. The first kappa shape index (κ1) is 13.1. The number of nitrogens with one attached hydrogen (secondary N) is 1. The number of hydrogen-bond acceptors (Lipinski definition) is 3. The topological polar surface area (TPSA) is 68.1 Å². The van der Waals surface area contributed by atoms with Crippen LogP contribution >= 0.6 is 15.9 Å². The molecule has 0 bridgehead atoms. The molecule has 1 aromatic carbocycles. The van der Waals surface area contributed by atoms with Gasteiger partial charge in [-0.25, -0.2) is 0 Å². The molecule has 18 heavy (non-hydrogen) atoms. The van der Waals surface area contributed by atoms with Crippen LogP contribution in [0.15, 0.2) is 22.8 Å². The van der Waals surface area contributed by atoms with Crippen molar-refractivity contribution in [3.8, 4) is 0 Å². The van der Waals surface area contributed by atoms with Crippen LogP contribution in [0, 0.1) is 6.92 Å². The minimum absolute atomic E-state index is 0.393. The Hall–Kier alpha value is -1.33. The Balaban J connectivity index is 2.35. The molecule has 1 heterocycles. The normalized spacial score (nSPS) is 12.7. The van der Waals surface area contributed by atoms with Crippen molar-refractivity contribution in [2.45, 2.75) is 19.4 Å². The van der Waals surface area contributed by atoms with Crippen LogP contribution in [0.3, 0.4) is 0 Å². The van der Waals surface area contributed by atoms with Gasteiger partial charge in [0.1, 0.15) is 6.04 Å². The molecule has 0 aliphatic carbocycles. The second-order valence-electron chi connectivity index (χ2n) is 4.29. The summed E-state index contributed by atoms with van der Waals surface area (Å²) in [5.41, 5.74) is 9.00. The lowest BCUT2D eigenvalue weighted by Crippen LogP contribution is -2.33. The Morgan fingerprint density at radius 3 is 2.94 bits per heavy atom. The summed E-state index contributed by atoms with van der Waals surface area (Å²) in [6, 6.07) is 3.47. The van der Waals surface area contributed by atoms with Crippen LogP contribution in [0.4, 0.5) is 0 Å². The number of H-pyrrole nitrogens is 1. The van der Waals surface area contributed by atoms with Gasteiger partial charge in [0.15, 0.2) is 0 Å². The highest BCUT2D eigenvalue weighted by molar-refractivity contribution is 9.10. The Labute approximate surface area is 114 Å². The van der Waals surface area contributed by atoms with E-state index in [1.54, 1.807) is 0 Å². The van der Waals surface area contributed by atoms with Gasteiger partial charge in [-0.05, 0) is 30.2 Å². The van der Waals surface area contributed by atoms with Crippen LogP contribution in [0.1, 0.15) is 11.1 Å². The van der Waals surface area contributed by atoms with E-state index in [9.17, 15) is 4.79 Å². The number of methoxy groups -OCH3 is 1. The molecule has 0 amide bonds. The van der Waals surface area contributed by atoms with Gasteiger partial charge in [0.25, 0.3) is 0 Å². The van der Waals surface area contributed by atoms with Crippen molar-refractivity contribution < 1.29 is 9.53 Å². The molecular weight excluding hydrogens is 296 g/mol. The minimum Gasteiger partial charge on any atom is -0.468 e. The molecule has 2 rings (SSSR count). The number of rotatable bonds is 3. The van der Waals surface area contributed by atoms with Gasteiger partial charge < -0.3 is 15.5 Å². The average Bonchev–Trinajstić information content (AvgIpc) is 2.71. The van der Waals surface area contributed by atoms with Crippen molar-refractivity contribution in [3.63, 3.8) is 0 Å². The van der Waals surface area contributed by atoms with Gasteiger partial charge in [-0.3, -0.25) is 4.79 Å². The second kappa shape index (κ2) is 5.12. The van der Waals surface area contributed by atoms with E-state index in [1.165, 1.54) is 7.11 Å². The van der Waals surface area contributed by atoms with E-state index < -0.39 is 12.0 Å². The molecule has 1 atom stereocenters. The third kappa shape index (κ3) is 2.42. The minimum atomic E-state index is -0.630. The van der Waals surface area contributed by atoms with Gasteiger partial charge in [-0.2, -0.15) is 0 Å². The van der Waals surface area contributed by atoms with Crippen LogP contribution in [0.25, 0.3) is 10.9 Å². The standard InChI is InChI=1S/C13H15BrN2O2/c1-7-3-12-9(5-10(7)14)8(6-16-12)4-11(15)13(17)18-2/h3,5-6,11,16H,4,15H2,1-2H3. The number of benzene rings is 1. The van der Waals surface area contributed by atoms with Crippen LogP contribution in [-0.4, -0.2) is 24.1 Å². The van der Waals surface area contributed by atoms with Crippen molar-refractivity contribution in [2.24, 2.45) is 5.73 Å². The number of nitrogens with two attached hydrogens (primary N) is 1. The molecule has 0 spiro atoms. The Morgan fingerprint density at radius 1 is 1.56 bits per heavy atom. The highest BCUT2D eigenvalue weighted by atomic mass is 79.9. The van der Waals surface area contributed by atoms with Crippen molar-refractivity contribution in [1.29, 1.82) is 0 Å². The predicted molar refractivity (Wildman–Crippen MR) is 74.4 cm³/mol. The van der Waals surface area contributed by atoms with E-state index in [-0.39, 0.29) is 0 Å². The molecule has 3 N–H and O–H groups in total. The zero-order valence-corrected chi connectivity index (χ0v) is 11.9. The molecule has 0 saturated heterocycles. The molecule has 96 valence electrons. The van der Waals surface area contributed by atoms with Crippen molar-refractivity contribution >= 4 is 32.8 Å². The average molecular weight is 311 g/mol. The zero-order valence-electron chi connectivity index (χ0n) is 10.3. The van der Waals surface area contributed by atoms with Crippen LogP contribution in [0.2, 0.25) is 0 Å². The first-order valence-corrected chi connectivity index (χ1v) is 6.41. The first-order chi connectivity index (χ1) is 8.52. The van der Waals surface area contributed by atoms with Crippen molar-refractivity contribution in [2.75, 3.05) is 7.11 Å². The number of fused-ring (bicyclic) bond motifs is 1. The van der Waals surface area contributed by atoms with E-state index in [2.05, 4.69) is 31.7 Å². The molecular formula is C13H15BrN2O2. The fourth-order valence-corrected chi connectivity index (χ4v) is 2.29. The molecule has 5 heteroatoms. The number of aryl methyl sites for hydroxylation is 1. The number of carbonyl (C=O) groups is 1. The summed E-state index contributed by atoms with van der Waals surface area (Å²) >= 11 is 3.51. The Morgan fingerprint density at radius 2 is 2.28 bits per heavy atom. The van der Waals surface area contributed by atoms with E-state index in [0.717, 1.165) is 26.5 Å². The number of carbonyl (C=O) groups excluding carboxylic acids is 1. The molecule has 0 saturated carbocycles. The lowest BCUT2D eigenvalue weighted by Gasteiger charge is -2.08. The third-order valence-corrected chi connectivity index (χ3v) is 3.84. The summed E-state index contributed by atoms with van der Waals surface area (Å²) < 4.78 is 5.68. The highest BCUT2D eigenvalue weighted by Gasteiger charge is 2.16. The molecule has 0 fully saturated rings. The number of ether oxygens (including phenoxy) is 1. The van der Waals surface area contributed by atoms with E-state index in [4.69, 9.17) is 5.73 Å². The monoisotopic (exact) mass is 310 g/mol. The Bertz CT molecular complexity index is 592. The van der Waals surface area contributed by atoms with E-state index in [0.29, 0.717) is 6.42 Å². The van der Waals surface area contributed by atoms with Crippen LogP contribution < -0.4 is 5.73 Å². The summed E-state index contributed by atoms with van der Waals surface area (Å²) in [5, 5.41) is 1.08. The maximum atomic E-state index is 11.3.